The van der Waals surface area contributed by atoms with E-state index in [1.807, 2.05) is 6.07 Å². The molecule has 6 nitrogen and oxygen atoms in total. The van der Waals surface area contributed by atoms with E-state index in [1.165, 1.54) is 55.5 Å². The minimum Gasteiger partial charge on any atom is -0.612 e. The maximum atomic E-state index is 13.2. The molecule has 2 aromatic rings. The molecule has 0 N–H and O–H groups in total. The lowest BCUT2D eigenvalue weighted by Gasteiger charge is -2.40. The SMILES string of the molecule is CC1=C(C#N)[C@@H](c2ccc(C#N)cc2[S+](C)[O-])N(C)C(=O)N1c1cccc(C(F)(F)F)c1. The summed E-state index contributed by atoms with van der Waals surface area (Å²) in [5.74, 6) is 0. The number of nitrogens with zero attached hydrogens (tertiary/aromatic N) is 4. The lowest BCUT2D eigenvalue weighted by Crippen LogP contribution is -2.47. The maximum Gasteiger partial charge on any atom is 0.416 e. The molecule has 2 aromatic carbocycles. The highest BCUT2D eigenvalue weighted by Gasteiger charge is 2.40. The van der Waals surface area contributed by atoms with Crippen molar-refractivity contribution in [1.29, 1.82) is 10.5 Å². The highest BCUT2D eigenvalue weighted by molar-refractivity contribution is 7.90. The molecule has 3 rings (SSSR count). The summed E-state index contributed by atoms with van der Waals surface area (Å²) in [6, 6.07) is 11.2. The molecule has 2 amide bonds. The highest BCUT2D eigenvalue weighted by Crippen LogP contribution is 2.41. The van der Waals surface area contributed by atoms with Gasteiger partial charge in [0.15, 0.2) is 4.90 Å². The van der Waals surface area contributed by atoms with Crippen LogP contribution in [-0.4, -0.2) is 28.8 Å². The first-order chi connectivity index (χ1) is 15.0. The molecule has 10 heteroatoms. The molecule has 1 aliphatic rings. The summed E-state index contributed by atoms with van der Waals surface area (Å²) >= 11 is -1.53. The predicted molar refractivity (Wildman–Crippen MR) is 112 cm³/mol. The zero-order valence-corrected chi connectivity index (χ0v) is 18.1. The van der Waals surface area contributed by atoms with E-state index < -0.39 is 35.0 Å². The number of hydrogen-bond donors (Lipinski definition) is 0. The van der Waals surface area contributed by atoms with Crippen LogP contribution in [0.4, 0.5) is 23.7 Å². The first-order valence-corrected chi connectivity index (χ1v) is 10.8. The fourth-order valence-corrected chi connectivity index (χ4v) is 4.44. The molecule has 32 heavy (non-hydrogen) atoms. The van der Waals surface area contributed by atoms with Crippen LogP contribution >= 0.6 is 0 Å². The van der Waals surface area contributed by atoms with Crippen molar-refractivity contribution < 1.29 is 22.5 Å². The van der Waals surface area contributed by atoms with Gasteiger partial charge in [-0.15, -0.1) is 0 Å². The van der Waals surface area contributed by atoms with Crippen molar-refractivity contribution in [2.45, 2.75) is 24.0 Å². The third-order valence-electron chi connectivity index (χ3n) is 5.18. The molecule has 0 saturated carbocycles. The van der Waals surface area contributed by atoms with Gasteiger partial charge in [-0.3, -0.25) is 4.90 Å². The fourth-order valence-electron chi connectivity index (χ4n) is 3.63. The molecule has 0 aliphatic carbocycles. The zero-order chi connectivity index (χ0) is 23.8. The Hall–Kier alpha value is -3.47. The Morgan fingerprint density at radius 1 is 1.12 bits per heavy atom. The van der Waals surface area contributed by atoms with Crippen LogP contribution in [0.3, 0.4) is 0 Å². The third kappa shape index (κ3) is 4.03. The number of allylic oxidation sites excluding steroid dienone is 1. The van der Waals surface area contributed by atoms with Gasteiger partial charge in [-0.25, -0.2) is 4.79 Å². The van der Waals surface area contributed by atoms with Crippen molar-refractivity contribution in [3.05, 3.63) is 70.4 Å². The molecule has 0 radical (unpaired) electrons. The van der Waals surface area contributed by atoms with Gasteiger partial charge in [-0.1, -0.05) is 12.1 Å². The Balaban J connectivity index is 2.20. The van der Waals surface area contributed by atoms with Crippen LogP contribution in [0.1, 0.15) is 29.7 Å². The van der Waals surface area contributed by atoms with Crippen molar-refractivity contribution >= 4 is 22.9 Å². The lowest BCUT2D eigenvalue weighted by molar-refractivity contribution is -0.137. The summed E-state index contributed by atoms with van der Waals surface area (Å²) in [5.41, 5.74) is 0.000919. The van der Waals surface area contributed by atoms with Crippen molar-refractivity contribution in [2.24, 2.45) is 0 Å². The summed E-state index contributed by atoms with van der Waals surface area (Å²) in [6.07, 6.45) is -3.18. The molecule has 0 spiro atoms. The van der Waals surface area contributed by atoms with Gasteiger partial charge < -0.3 is 9.45 Å². The van der Waals surface area contributed by atoms with Crippen LogP contribution in [-0.2, 0) is 17.4 Å². The van der Waals surface area contributed by atoms with Gasteiger partial charge in [-0.05, 0) is 42.4 Å². The normalized spacial score (nSPS) is 17.8. The van der Waals surface area contributed by atoms with E-state index in [-0.39, 0.29) is 22.5 Å². The summed E-state index contributed by atoms with van der Waals surface area (Å²) in [4.78, 5) is 15.8. The van der Waals surface area contributed by atoms with Crippen LogP contribution in [0, 0.1) is 22.7 Å². The van der Waals surface area contributed by atoms with Crippen molar-refractivity contribution in [3.8, 4) is 12.1 Å². The van der Waals surface area contributed by atoms with Crippen LogP contribution in [0.5, 0.6) is 0 Å². The number of nitriles is 2. The second-order valence-corrected chi connectivity index (χ2v) is 8.46. The summed E-state index contributed by atoms with van der Waals surface area (Å²) < 4.78 is 51.9. The van der Waals surface area contributed by atoms with Crippen molar-refractivity contribution in [2.75, 3.05) is 18.2 Å². The van der Waals surface area contributed by atoms with Crippen LogP contribution in [0.2, 0.25) is 0 Å². The minimum atomic E-state index is -4.60. The quantitative estimate of drug-likeness (QED) is 0.622. The number of anilines is 1. The number of amides is 2. The number of likely N-dealkylation sites (N-methyl/N-ethyl adjacent to an activating group) is 1. The molecule has 0 bridgehead atoms. The average Bonchev–Trinajstić information content (AvgIpc) is 2.75. The van der Waals surface area contributed by atoms with E-state index in [2.05, 4.69) is 6.07 Å². The number of carbonyl (C=O) groups excluding carboxylic acids is 1. The summed E-state index contributed by atoms with van der Waals surface area (Å²) in [5, 5.41) is 19.1. The van der Waals surface area contributed by atoms with Crippen molar-refractivity contribution in [1.82, 2.24) is 4.90 Å². The Kier molecular flexibility index (Phi) is 6.22. The number of benzene rings is 2. The highest BCUT2D eigenvalue weighted by atomic mass is 32.2. The topological polar surface area (TPSA) is 94.2 Å². The fraction of sp³-hybridized carbons (Fsp3) is 0.227. The molecule has 164 valence electrons. The van der Waals surface area contributed by atoms with Gasteiger partial charge in [0.25, 0.3) is 0 Å². The monoisotopic (exact) mass is 458 g/mol. The number of carbonyl (C=O) groups is 1. The van der Waals surface area contributed by atoms with E-state index >= 15 is 0 Å². The van der Waals surface area contributed by atoms with Gasteiger partial charge in [0.2, 0.25) is 0 Å². The van der Waals surface area contributed by atoms with E-state index in [4.69, 9.17) is 5.26 Å². The van der Waals surface area contributed by atoms with E-state index in [9.17, 15) is 27.8 Å². The van der Waals surface area contributed by atoms with E-state index in [0.29, 0.717) is 10.5 Å². The van der Waals surface area contributed by atoms with Gasteiger partial charge in [-0.2, -0.15) is 23.7 Å². The second kappa shape index (κ2) is 8.58. The first-order valence-electron chi connectivity index (χ1n) is 9.23. The van der Waals surface area contributed by atoms with E-state index in [0.717, 1.165) is 17.0 Å². The molecule has 2 atom stereocenters. The molecule has 0 aromatic heterocycles. The summed E-state index contributed by atoms with van der Waals surface area (Å²) in [6.45, 7) is 1.48. The standard InChI is InChI=1S/C22H17F3N4O2S/c1-13-18(12-27)20(17-8-7-14(11-26)9-19(17)32(3)31)28(2)21(30)29(13)16-6-4-5-15(10-16)22(23,24)25/h4-10,20H,1-3H3/t20-,32?/m1/s1. The largest absolute Gasteiger partial charge is 0.612 e. The molecule has 1 unspecified atom stereocenters. The molecule has 0 fully saturated rings. The maximum absolute atomic E-state index is 13.2. The molecule has 1 aliphatic heterocycles. The van der Waals surface area contributed by atoms with Gasteiger partial charge in [0.1, 0.15) is 12.3 Å². The van der Waals surface area contributed by atoms with Crippen LogP contribution in [0.15, 0.2) is 58.6 Å². The number of halogens is 3. The summed E-state index contributed by atoms with van der Waals surface area (Å²) in [7, 11) is 1.41. The third-order valence-corrected chi connectivity index (χ3v) is 6.15. The Bertz CT molecular complexity index is 1190. The number of alkyl halides is 3. The van der Waals surface area contributed by atoms with Crippen LogP contribution in [0.25, 0.3) is 0 Å². The molecule has 1 heterocycles. The average molecular weight is 458 g/mol. The molecular weight excluding hydrogens is 441 g/mol. The van der Waals surface area contributed by atoms with Gasteiger partial charge in [0, 0.05) is 24.4 Å². The van der Waals surface area contributed by atoms with Crippen molar-refractivity contribution in [3.63, 3.8) is 0 Å². The minimum absolute atomic E-state index is 0.0282. The number of urea groups is 1. The Morgan fingerprint density at radius 3 is 2.38 bits per heavy atom. The molecular formula is C22H17F3N4O2S. The number of rotatable bonds is 3. The number of hydrogen-bond acceptors (Lipinski definition) is 4. The van der Waals surface area contributed by atoms with Crippen LogP contribution < -0.4 is 4.90 Å². The zero-order valence-electron chi connectivity index (χ0n) is 17.3. The lowest BCUT2D eigenvalue weighted by atomic mass is 9.93. The van der Waals surface area contributed by atoms with Gasteiger partial charge >= 0.3 is 12.2 Å². The molecule has 0 saturated heterocycles. The Morgan fingerprint density at radius 2 is 1.81 bits per heavy atom. The smallest absolute Gasteiger partial charge is 0.416 e. The first kappa shape index (κ1) is 23.2. The predicted octanol–water partition coefficient (Wildman–Crippen LogP) is 4.73. The van der Waals surface area contributed by atoms with Gasteiger partial charge in [0.05, 0.1) is 34.5 Å². The second-order valence-electron chi connectivity index (χ2n) is 7.11. The van der Waals surface area contributed by atoms with E-state index in [1.54, 1.807) is 0 Å². The Labute approximate surface area is 185 Å².